The number of carbonyl (C=O) groups is 2. The number of amides is 2. The quantitative estimate of drug-likeness (QED) is 0.531. The lowest BCUT2D eigenvalue weighted by Crippen LogP contribution is -2.36. The smallest absolute Gasteiger partial charge is 0.262 e. The third kappa shape index (κ3) is 6.94. The molecule has 10 heteroatoms. The maximum absolute atomic E-state index is 12.6. The van der Waals surface area contributed by atoms with Gasteiger partial charge in [-0.15, -0.1) is 0 Å². The highest BCUT2D eigenvalue weighted by atomic mass is 35.5. The van der Waals surface area contributed by atoms with E-state index in [1.807, 2.05) is 0 Å². The first-order chi connectivity index (χ1) is 15.2. The van der Waals surface area contributed by atoms with Crippen molar-refractivity contribution >= 4 is 44.8 Å². The lowest BCUT2D eigenvalue weighted by atomic mass is 9.96. The molecule has 32 heavy (non-hydrogen) atoms. The normalized spacial score (nSPS) is 14.6. The Morgan fingerprint density at radius 1 is 1.00 bits per heavy atom. The van der Waals surface area contributed by atoms with Gasteiger partial charge in [0.2, 0.25) is 15.9 Å². The zero-order valence-corrected chi connectivity index (χ0v) is 19.3. The molecule has 1 fully saturated rings. The first kappa shape index (κ1) is 24.0. The minimum absolute atomic E-state index is 0.0561. The third-order valence-electron chi connectivity index (χ3n) is 4.99. The number of sulfonamides is 1. The van der Waals surface area contributed by atoms with Crippen LogP contribution < -0.4 is 20.1 Å². The summed E-state index contributed by atoms with van der Waals surface area (Å²) in [6.07, 6.45) is 4.83. The van der Waals surface area contributed by atoms with Crippen molar-refractivity contribution in [2.75, 3.05) is 17.2 Å². The van der Waals surface area contributed by atoms with Crippen molar-refractivity contribution in [1.29, 1.82) is 0 Å². The van der Waals surface area contributed by atoms with Gasteiger partial charge >= 0.3 is 0 Å². The van der Waals surface area contributed by atoms with Gasteiger partial charge < -0.3 is 15.4 Å². The minimum Gasteiger partial charge on any atom is -0.482 e. The van der Waals surface area contributed by atoms with Gasteiger partial charge in [0.1, 0.15) is 5.75 Å². The van der Waals surface area contributed by atoms with Crippen molar-refractivity contribution in [3.63, 3.8) is 0 Å². The molecular formula is C22H26ClN3O5S. The van der Waals surface area contributed by atoms with Crippen LogP contribution in [0, 0.1) is 0 Å². The monoisotopic (exact) mass is 479 g/mol. The van der Waals surface area contributed by atoms with E-state index >= 15 is 0 Å². The number of halogens is 1. The largest absolute Gasteiger partial charge is 0.482 e. The van der Waals surface area contributed by atoms with E-state index in [1.165, 1.54) is 25.1 Å². The number of ether oxygens (including phenoxy) is 1. The summed E-state index contributed by atoms with van der Waals surface area (Å²) in [6, 6.07) is 10.7. The van der Waals surface area contributed by atoms with Crippen LogP contribution in [0.25, 0.3) is 0 Å². The van der Waals surface area contributed by atoms with Gasteiger partial charge in [-0.25, -0.2) is 13.1 Å². The zero-order chi connectivity index (χ0) is 23.1. The summed E-state index contributed by atoms with van der Waals surface area (Å²) in [5, 5.41) is 5.41. The number of anilines is 2. The molecule has 0 radical (unpaired) electrons. The summed E-state index contributed by atoms with van der Waals surface area (Å²) >= 11 is 6.20. The average Bonchev–Trinajstić information content (AvgIpc) is 2.74. The lowest BCUT2D eigenvalue weighted by Gasteiger charge is -2.22. The van der Waals surface area contributed by atoms with Crippen LogP contribution in [0.15, 0.2) is 47.4 Å². The molecule has 0 heterocycles. The second kappa shape index (κ2) is 10.8. The number of carbonyl (C=O) groups excluding carboxylic acids is 2. The first-order valence-corrected chi connectivity index (χ1v) is 12.2. The van der Waals surface area contributed by atoms with Crippen LogP contribution in [0.4, 0.5) is 11.4 Å². The number of hydrogen-bond acceptors (Lipinski definition) is 5. The highest BCUT2D eigenvalue weighted by Crippen LogP contribution is 2.28. The Morgan fingerprint density at radius 3 is 2.22 bits per heavy atom. The molecule has 2 aromatic carbocycles. The highest BCUT2D eigenvalue weighted by Gasteiger charge is 2.22. The molecule has 0 bridgehead atoms. The molecule has 0 spiro atoms. The fourth-order valence-corrected chi connectivity index (χ4v) is 5.08. The van der Waals surface area contributed by atoms with E-state index in [2.05, 4.69) is 15.4 Å². The molecule has 0 atom stereocenters. The van der Waals surface area contributed by atoms with E-state index in [1.54, 1.807) is 24.3 Å². The second-order valence-electron chi connectivity index (χ2n) is 7.64. The molecule has 0 saturated heterocycles. The molecule has 1 saturated carbocycles. The van der Waals surface area contributed by atoms with Gasteiger partial charge in [-0.3, -0.25) is 9.59 Å². The van der Waals surface area contributed by atoms with E-state index < -0.39 is 15.9 Å². The van der Waals surface area contributed by atoms with Crippen LogP contribution in [0.5, 0.6) is 5.75 Å². The number of rotatable bonds is 8. The van der Waals surface area contributed by atoms with Gasteiger partial charge in [-0.05, 0) is 55.3 Å². The minimum atomic E-state index is -3.68. The van der Waals surface area contributed by atoms with Crippen molar-refractivity contribution in [2.24, 2.45) is 0 Å². The predicted octanol–water partition coefficient (Wildman–Crippen LogP) is 3.93. The number of benzene rings is 2. The summed E-state index contributed by atoms with van der Waals surface area (Å²) < 4.78 is 33.4. The van der Waals surface area contributed by atoms with Crippen molar-refractivity contribution in [1.82, 2.24) is 4.72 Å². The second-order valence-corrected chi connectivity index (χ2v) is 9.77. The van der Waals surface area contributed by atoms with Crippen LogP contribution in [0.2, 0.25) is 5.02 Å². The SMILES string of the molecule is CC(=O)Nc1ccc(NC(=O)COc2ccc(S(=O)(=O)NC3CCCCC3)cc2Cl)cc1. The molecule has 1 aliphatic rings. The Bertz CT molecular complexity index is 1070. The van der Waals surface area contributed by atoms with Crippen LogP contribution in [0.1, 0.15) is 39.0 Å². The Morgan fingerprint density at radius 2 is 1.62 bits per heavy atom. The van der Waals surface area contributed by atoms with Crippen LogP contribution >= 0.6 is 11.6 Å². The van der Waals surface area contributed by atoms with E-state index in [0.717, 1.165) is 32.1 Å². The van der Waals surface area contributed by atoms with E-state index in [-0.39, 0.29) is 34.2 Å². The van der Waals surface area contributed by atoms with Gasteiger partial charge in [0, 0.05) is 24.3 Å². The lowest BCUT2D eigenvalue weighted by molar-refractivity contribution is -0.118. The summed E-state index contributed by atoms with van der Waals surface area (Å²) in [4.78, 5) is 23.3. The summed E-state index contributed by atoms with van der Waals surface area (Å²) in [7, 11) is -3.68. The Kier molecular flexibility index (Phi) is 8.11. The molecule has 3 rings (SSSR count). The number of nitrogens with one attached hydrogen (secondary N) is 3. The van der Waals surface area contributed by atoms with Gasteiger partial charge in [0.15, 0.2) is 6.61 Å². The molecule has 0 unspecified atom stereocenters. The molecular weight excluding hydrogens is 454 g/mol. The summed E-state index contributed by atoms with van der Waals surface area (Å²) in [5.41, 5.74) is 1.15. The molecule has 0 aliphatic heterocycles. The summed E-state index contributed by atoms with van der Waals surface area (Å²) in [6.45, 7) is 1.10. The van der Waals surface area contributed by atoms with Crippen LogP contribution in [-0.4, -0.2) is 32.9 Å². The molecule has 172 valence electrons. The third-order valence-corrected chi connectivity index (χ3v) is 6.80. The van der Waals surface area contributed by atoms with Gasteiger partial charge in [0.25, 0.3) is 5.91 Å². The van der Waals surface area contributed by atoms with E-state index in [4.69, 9.17) is 16.3 Å². The van der Waals surface area contributed by atoms with Crippen LogP contribution in [-0.2, 0) is 19.6 Å². The molecule has 1 aliphatic carbocycles. The molecule has 2 aromatic rings. The molecule has 2 amide bonds. The Labute approximate surface area is 192 Å². The van der Waals surface area contributed by atoms with Gasteiger partial charge in [-0.1, -0.05) is 30.9 Å². The fourth-order valence-electron chi connectivity index (χ4n) is 3.45. The zero-order valence-electron chi connectivity index (χ0n) is 17.7. The fraction of sp³-hybridized carbons (Fsp3) is 0.364. The van der Waals surface area contributed by atoms with Gasteiger partial charge in [0.05, 0.1) is 9.92 Å². The van der Waals surface area contributed by atoms with Crippen molar-refractivity contribution in [2.45, 2.75) is 50.0 Å². The highest BCUT2D eigenvalue weighted by molar-refractivity contribution is 7.89. The van der Waals surface area contributed by atoms with E-state index in [0.29, 0.717) is 11.4 Å². The maximum Gasteiger partial charge on any atom is 0.262 e. The van der Waals surface area contributed by atoms with Crippen LogP contribution in [0.3, 0.4) is 0 Å². The topological polar surface area (TPSA) is 114 Å². The first-order valence-electron chi connectivity index (χ1n) is 10.3. The summed E-state index contributed by atoms with van der Waals surface area (Å²) in [5.74, 6) is -0.390. The van der Waals surface area contributed by atoms with E-state index in [9.17, 15) is 18.0 Å². The van der Waals surface area contributed by atoms with Gasteiger partial charge in [-0.2, -0.15) is 0 Å². The molecule has 0 aromatic heterocycles. The maximum atomic E-state index is 12.6. The predicted molar refractivity (Wildman–Crippen MR) is 124 cm³/mol. The number of hydrogen-bond donors (Lipinski definition) is 3. The Balaban J connectivity index is 1.55. The molecule has 8 nitrogen and oxygen atoms in total. The standard InChI is InChI=1S/C22H26ClN3O5S/c1-15(27)24-16-7-9-17(10-8-16)25-22(28)14-31-21-12-11-19(13-20(21)23)32(29,30)26-18-5-3-2-4-6-18/h7-13,18,26H,2-6,14H2,1H3,(H,24,27)(H,25,28). The Hall–Kier alpha value is -2.62. The molecule has 3 N–H and O–H groups in total. The van der Waals surface area contributed by atoms with Crippen molar-refractivity contribution in [3.8, 4) is 5.75 Å². The average molecular weight is 480 g/mol. The van der Waals surface area contributed by atoms with Crippen molar-refractivity contribution < 1.29 is 22.7 Å². The van der Waals surface area contributed by atoms with Crippen molar-refractivity contribution in [3.05, 3.63) is 47.5 Å².